The average molecular weight is 406 g/mol. The number of anilines is 1. The van der Waals surface area contributed by atoms with E-state index >= 15 is 0 Å². The predicted molar refractivity (Wildman–Crippen MR) is 105 cm³/mol. The van der Waals surface area contributed by atoms with Crippen LogP contribution in [-0.4, -0.2) is 39.5 Å². The maximum Gasteiger partial charge on any atom is 0.332 e. The molecule has 1 fully saturated rings. The van der Waals surface area contributed by atoms with Crippen LogP contribution in [0.25, 0.3) is 0 Å². The molecular weight excluding hydrogens is 382 g/mol. The lowest BCUT2D eigenvalue weighted by molar-refractivity contribution is 0.0913. The van der Waals surface area contributed by atoms with E-state index in [-0.39, 0.29) is 36.6 Å². The van der Waals surface area contributed by atoms with Crippen LogP contribution in [0.3, 0.4) is 0 Å². The van der Waals surface area contributed by atoms with Gasteiger partial charge in [-0.1, -0.05) is 12.5 Å². The Labute approximate surface area is 166 Å². The molecule has 1 aromatic heterocycles. The number of piperidine rings is 1. The number of nitrogen functional groups attached to an aromatic ring is 1. The highest BCUT2D eigenvalue weighted by atomic mass is 19.1. The van der Waals surface area contributed by atoms with Crippen LogP contribution in [0, 0.1) is 11.6 Å². The van der Waals surface area contributed by atoms with E-state index in [4.69, 9.17) is 5.73 Å². The van der Waals surface area contributed by atoms with Gasteiger partial charge in [0.15, 0.2) is 5.78 Å². The summed E-state index contributed by atoms with van der Waals surface area (Å²) >= 11 is 0. The Kier molecular flexibility index (Phi) is 6.26. The molecule has 0 aliphatic carbocycles. The monoisotopic (exact) mass is 406 g/mol. The molecule has 9 heteroatoms. The summed E-state index contributed by atoms with van der Waals surface area (Å²) in [4.78, 5) is 40.3. The third kappa shape index (κ3) is 4.29. The van der Waals surface area contributed by atoms with Gasteiger partial charge in [-0.25, -0.2) is 13.6 Å². The highest BCUT2D eigenvalue weighted by molar-refractivity contribution is 6.01. The molecule has 156 valence electrons. The molecule has 3 rings (SSSR count). The number of aromatic nitrogens is 2. The molecule has 0 spiro atoms. The molecule has 7 nitrogen and oxygen atoms in total. The number of benzene rings is 1. The first-order valence-corrected chi connectivity index (χ1v) is 9.66. The van der Waals surface area contributed by atoms with Crippen molar-refractivity contribution < 1.29 is 13.6 Å². The fraction of sp³-hybridized carbons (Fsp3) is 0.450. The van der Waals surface area contributed by atoms with Crippen molar-refractivity contribution in [3.63, 3.8) is 0 Å². The van der Waals surface area contributed by atoms with Crippen molar-refractivity contribution >= 4 is 11.6 Å². The predicted octanol–water partition coefficient (Wildman–Crippen LogP) is 1.61. The van der Waals surface area contributed by atoms with Crippen molar-refractivity contribution in [2.24, 2.45) is 0 Å². The van der Waals surface area contributed by atoms with Gasteiger partial charge in [-0.05, 0) is 38.9 Å². The molecule has 2 aromatic rings. The molecule has 0 bridgehead atoms. The van der Waals surface area contributed by atoms with Crippen molar-refractivity contribution in [3.05, 3.63) is 61.8 Å². The topological polar surface area (TPSA) is 90.3 Å². The number of carbonyl (C=O) groups excluding carboxylic acids is 1. The van der Waals surface area contributed by atoms with Gasteiger partial charge in [0.05, 0.1) is 13.1 Å². The number of ketones is 1. The third-order valence-electron chi connectivity index (χ3n) is 5.22. The molecule has 2 N–H and O–H groups in total. The van der Waals surface area contributed by atoms with Gasteiger partial charge in [0.2, 0.25) is 0 Å². The van der Waals surface area contributed by atoms with E-state index in [1.807, 2.05) is 4.90 Å². The lowest BCUT2D eigenvalue weighted by Gasteiger charge is -2.26. The number of hydrogen-bond acceptors (Lipinski definition) is 5. The maximum atomic E-state index is 14.1. The molecule has 29 heavy (non-hydrogen) atoms. The summed E-state index contributed by atoms with van der Waals surface area (Å²) in [5.74, 6) is -2.35. The van der Waals surface area contributed by atoms with E-state index in [1.54, 1.807) is 6.92 Å². The Morgan fingerprint density at radius 1 is 1.10 bits per heavy atom. The zero-order valence-electron chi connectivity index (χ0n) is 16.3. The van der Waals surface area contributed by atoms with Gasteiger partial charge in [-0.3, -0.25) is 23.6 Å². The molecule has 1 aliphatic rings. The molecule has 0 unspecified atom stereocenters. The first kappa shape index (κ1) is 20.9. The Bertz CT molecular complexity index is 1040. The summed E-state index contributed by atoms with van der Waals surface area (Å²) in [7, 11) is 0. The molecule has 0 atom stereocenters. The van der Waals surface area contributed by atoms with Crippen LogP contribution in [0.4, 0.5) is 14.6 Å². The van der Waals surface area contributed by atoms with Gasteiger partial charge in [0.25, 0.3) is 5.56 Å². The Hall–Kier alpha value is -2.81. The van der Waals surface area contributed by atoms with Crippen molar-refractivity contribution in [2.75, 3.05) is 25.4 Å². The first-order valence-electron chi connectivity index (χ1n) is 9.66. The van der Waals surface area contributed by atoms with Crippen LogP contribution < -0.4 is 17.0 Å². The molecule has 1 saturated heterocycles. The maximum absolute atomic E-state index is 14.1. The minimum atomic E-state index is -0.841. The van der Waals surface area contributed by atoms with Crippen LogP contribution in [0.1, 0.15) is 42.1 Å². The van der Waals surface area contributed by atoms with Gasteiger partial charge in [-0.15, -0.1) is 0 Å². The number of Topliss-reactive ketones (excluding diaryl/α,β-unsaturated/α-hetero) is 1. The van der Waals surface area contributed by atoms with Crippen LogP contribution in [0.15, 0.2) is 27.8 Å². The number of likely N-dealkylation sites (tertiary alicyclic amines) is 1. The number of rotatable bonds is 6. The van der Waals surface area contributed by atoms with Crippen molar-refractivity contribution in [1.29, 1.82) is 0 Å². The molecule has 1 aromatic carbocycles. The van der Waals surface area contributed by atoms with E-state index in [0.29, 0.717) is 6.07 Å². The lowest BCUT2D eigenvalue weighted by atomic mass is 10.1. The largest absolute Gasteiger partial charge is 0.384 e. The minimum Gasteiger partial charge on any atom is -0.384 e. The van der Waals surface area contributed by atoms with Crippen LogP contribution in [-0.2, 0) is 13.1 Å². The summed E-state index contributed by atoms with van der Waals surface area (Å²) in [6, 6.07) is 2.97. The zero-order chi connectivity index (χ0) is 21.1. The number of hydrogen-bond donors (Lipinski definition) is 1. The fourth-order valence-corrected chi connectivity index (χ4v) is 3.63. The molecule has 0 saturated carbocycles. The standard InChI is InChI=1S/C20H24F2N4O3/c1-2-25-19(28)17(16(27)12-24-8-4-3-5-9-24)18(23)26(20(25)29)11-13-6-7-14(21)10-15(13)22/h6-7,10H,2-5,8-9,11-12,23H2,1H3. The lowest BCUT2D eigenvalue weighted by Crippen LogP contribution is -2.45. The van der Waals surface area contributed by atoms with E-state index in [9.17, 15) is 23.2 Å². The van der Waals surface area contributed by atoms with Gasteiger partial charge >= 0.3 is 5.69 Å². The smallest absolute Gasteiger partial charge is 0.332 e. The molecular formula is C20H24F2N4O3. The van der Waals surface area contributed by atoms with E-state index in [1.165, 1.54) is 6.07 Å². The van der Waals surface area contributed by atoms with Crippen LogP contribution >= 0.6 is 0 Å². The molecule has 0 radical (unpaired) electrons. The summed E-state index contributed by atoms with van der Waals surface area (Å²) in [6.45, 7) is 2.87. The molecule has 2 heterocycles. The van der Waals surface area contributed by atoms with Gasteiger partial charge in [0.1, 0.15) is 23.0 Å². The normalized spacial score (nSPS) is 14.9. The van der Waals surface area contributed by atoms with Crippen LogP contribution in [0.2, 0.25) is 0 Å². The van der Waals surface area contributed by atoms with Crippen LogP contribution in [0.5, 0.6) is 0 Å². The number of carbonyl (C=O) groups is 1. The summed E-state index contributed by atoms with van der Waals surface area (Å²) in [6.07, 6.45) is 3.06. The van der Waals surface area contributed by atoms with Gasteiger partial charge < -0.3 is 5.73 Å². The number of nitrogens with two attached hydrogens (primary N) is 1. The number of nitrogens with zero attached hydrogens (tertiary/aromatic N) is 3. The summed E-state index contributed by atoms with van der Waals surface area (Å²) in [5.41, 5.74) is 4.33. The molecule has 0 amide bonds. The third-order valence-corrected chi connectivity index (χ3v) is 5.22. The number of halogens is 2. The highest BCUT2D eigenvalue weighted by Crippen LogP contribution is 2.15. The quantitative estimate of drug-likeness (QED) is 0.736. The Balaban J connectivity index is 2.04. The van der Waals surface area contributed by atoms with Crippen molar-refractivity contribution in [2.45, 2.75) is 39.3 Å². The van der Waals surface area contributed by atoms with Crippen molar-refractivity contribution in [3.8, 4) is 0 Å². The second-order valence-electron chi connectivity index (χ2n) is 7.17. The van der Waals surface area contributed by atoms with E-state index < -0.39 is 28.7 Å². The summed E-state index contributed by atoms with van der Waals surface area (Å²) in [5, 5.41) is 0. The summed E-state index contributed by atoms with van der Waals surface area (Å²) < 4.78 is 29.2. The minimum absolute atomic E-state index is 0.0240. The van der Waals surface area contributed by atoms with E-state index in [0.717, 1.165) is 47.6 Å². The first-order chi connectivity index (χ1) is 13.8. The Morgan fingerprint density at radius 3 is 2.41 bits per heavy atom. The Morgan fingerprint density at radius 2 is 1.79 bits per heavy atom. The highest BCUT2D eigenvalue weighted by Gasteiger charge is 2.25. The van der Waals surface area contributed by atoms with Crippen molar-refractivity contribution in [1.82, 2.24) is 14.0 Å². The second kappa shape index (κ2) is 8.69. The fourth-order valence-electron chi connectivity index (χ4n) is 3.63. The van der Waals surface area contributed by atoms with E-state index in [2.05, 4.69) is 0 Å². The SMILES string of the molecule is CCn1c(=O)c(C(=O)CN2CCCCC2)c(N)n(Cc2ccc(F)cc2F)c1=O. The van der Waals surface area contributed by atoms with Gasteiger partial charge in [0, 0.05) is 18.2 Å². The zero-order valence-corrected chi connectivity index (χ0v) is 16.3. The molecule has 1 aliphatic heterocycles. The van der Waals surface area contributed by atoms with Gasteiger partial charge in [-0.2, -0.15) is 0 Å². The second-order valence-corrected chi connectivity index (χ2v) is 7.17. The average Bonchev–Trinajstić information content (AvgIpc) is 2.68.